The normalized spacial score (nSPS) is 11.7. The molecule has 1 atom stereocenters. The maximum Gasteiger partial charge on any atom is 0.344 e. The van der Waals surface area contributed by atoms with E-state index in [4.69, 9.17) is 21.1 Å². The number of hydrogen-bond donors (Lipinski definition) is 1. The van der Waals surface area contributed by atoms with Gasteiger partial charge in [-0.25, -0.2) is 4.79 Å². The fourth-order valence-corrected chi connectivity index (χ4v) is 2.75. The summed E-state index contributed by atoms with van der Waals surface area (Å²) in [6.45, 7) is 5.31. The van der Waals surface area contributed by atoms with Crippen molar-refractivity contribution in [3.63, 3.8) is 0 Å². The van der Waals surface area contributed by atoms with E-state index in [0.717, 1.165) is 11.1 Å². The van der Waals surface area contributed by atoms with Crippen molar-refractivity contribution < 1.29 is 19.1 Å². The summed E-state index contributed by atoms with van der Waals surface area (Å²) in [6, 6.07) is 14.5. The first-order valence-electron chi connectivity index (χ1n) is 8.79. The fraction of sp³-hybridized carbons (Fsp3) is 0.333. The summed E-state index contributed by atoms with van der Waals surface area (Å²) < 4.78 is 10.5. The molecule has 0 fully saturated rings. The van der Waals surface area contributed by atoms with Crippen LogP contribution in [0.1, 0.15) is 43.9 Å². The van der Waals surface area contributed by atoms with Gasteiger partial charge in [-0.2, -0.15) is 0 Å². The standard InChI is InChI=1S/C21H24ClNO4/c1-14(2)18-9-4-5-10-19(18)26-13-21(25)27-12-20(24)23-15(3)16-7-6-8-17(22)11-16/h4-11,14-15H,12-13H2,1-3H3,(H,23,24)/t15-/m1/s1. The first-order valence-corrected chi connectivity index (χ1v) is 9.16. The zero-order valence-corrected chi connectivity index (χ0v) is 16.5. The number of amides is 1. The minimum absolute atomic E-state index is 0.246. The van der Waals surface area contributed by atoms with Gasteiger partial charge in [-0.3, -0.25) is 4.79 Å². The van der Waals surface area contributed by atoms with Crippen LogP contribution in [0.2, 0.25) is 5.02 Å². The van der Waals surface area contributed by atoms with Gasteiger partial charge in [-0.1, -0.05) is 55.8 Å². The molecule has 0 heterocycles. The zero-order valence-electron chi connectivity index (χ0n) is 15.7. The van der Waals surface area contributed by atoms with E-state index in [1.807, 2.05) is 57.2 Å². The van der Waals surface area contributed by atoms with Crippen molar-refractivity contribution >= 4 is 23.5 Å². The van der Waals surface area contributed by atoms with Crippen molar-refractivity contribution in [1.82, 2.24) is 5.32 Å². The summed E-state index contributed by atoms with van der Waals surface area (Å²) >= 11 is 5.95. The largest absolute Gasteiger partial charge is 0.482 e. The van der Waals surface area contributed by atoms with Crippen LogP contribution >= 0.6 is 11.6 Å². The van der Waals surface area contributed by atoms with Gasteiger partial charge in [0.1, 0.15) is 5.75 Å². The minimum atomic E-state index is -0.598. The molecule has 2 aromatic rings. The number of esters is 1. The Bertz CT molecular complexity index is 791. The van der Waals surface area contributed by atoms with Gasteiger partial charge < -0.3 is 14.8 Å². The highest BCUT2D eigenvalue weighted by Gasteiger charge is 2.14. The highest BCUT2D eigenvalue weighted by Crippen LogP contribution is 2.25. The molecule has 0 saturated heterocycles. The van der Waals surface area contributed by atoms with Crippen molar-refractivity contribution in [2.24, 2.45) is 0 Å². The molecule has 0 spiro atoms. The molecule has 0 aliphatic rings. The van der Waals surface area contributed by atoms with Crippen LogP contribution in [0.5, 0.6) is 5.75 Å². The number of carbonyl (C=O) groups is 2. The quantitative estimate of drug-likeness (QED) is 0.685. The SMILES string of the molecule is CC(C)c1ccccc1OCC(=O)OCC(=O)N[C@H](C)c1cccc(Cl)c1. The molecule has 0 aliphatic carbocycles. The highest BCUT2D eigenvalue weighted by atomic mass is 35.5. The average Bonchev–Trinajstić information content (AvgIpc) is 2.64. The van der Waals surface area contributed by atoms with E-state index >= 15 is 0 Å². The number of ether oxygens (including phenoxy) is 2. The molecule has 2 aromatic carbocycles. The van der Waals surface area contributed by atoms with Crippen LogP contribution in [0.3, 0.4) is 0 Å². The molecule has 5 nitrogen and oxygen atoms in total. The molecular weight excluding hydrogens is 366 g/mol. The number of rotatable bonds is 8. The van der Waals surface area contributed by atoms with Crippen LogP contribution in [0.15, 0.2) is 48.5 Å². The third-order valence-corrected chi connectivity index (χ3v) is 4.21. The molecule has 0 saturated carbocycles. The van der Waals surface area contributed by atoms with Gasteiger partial charge in [-0.15, -0.1) is 0 Å². The third-order valence-electron chi connectivity index (χ3n) is 3.98. The van der Waals surface area contributed by atoms with Crippen molar-refractivity contribution in [1.29, 1.82) is 0 Å². The topological polar surface area (TPSA) is 64.6 Å². The Hall–Kier alpha value is -2.53. The molecule has 0 aliphatic heterocycles. The van der Waals surface area contributed by atoms with Crippen LogP contribution in [-0.2, 0) is 14.3 Å². The molecule has 0 bridgehead atoms. The summed E-state index contributed by atoms with van der Waals surface area (Å²) in [5, 5.41) is 3.36. The number of nitrogens with one attached hydrogen (secondary N) is 1. The molecule has 1 amide bonds. The Kier molecular flexibility index (Phi) is 7.67. The molecule has 0 radical (unpaired) electrons. The average molecular weight is 390 g/mol. The van der Waals surface area contributed by atoms with Gasteiger partial charge in [0.2, 0.25) is 0 Å². The van der Waals surface area contributed by atoms with Crippen LogP contribution in [0.25, 0.3) is 0 Å². The lowest BCUT2D eigenvalue weighted by Gasteiger charge is -2.15. The summed E-state index contributed by atoms with van der Waals surface area (Å²) in [5.41, 5.74) is 1.88. The van der Waals surface area contributed by atoms with Crippen LogP contribution in [0.4, 0.5) is 0 Å². The molecule has 6 heteroatoms. The minimum Gasteiger partial charge on any atom is -0.482 e. The zero-order chi connectivity index (χ0) is 19.8. The Labute approximate surface area is 164 Å². The number of benzene rings is 2. The molecule has 144 valence electrons. The predicted octanol–water partition coefficient (Wildman–Crippen LogP) is 4.26. The number of carbonyl (C=O) groups excluding carboxylic acids is 2. The lowest BCUT2D eigenvalue weighted by molar-refractivity contribution is -0.150. The first kappa shape index (κ1) is 20.8. The lowest BCUT2D eigenvalue weighted by Crippen LogP contribution is -2.32. The van der Waals surface area contributed by atoms with Crippen molar-refractivity contribution in [2.45, 2.75) is 32.7 Å². The maximum atomic E-state index is 12.0. The molecule has 27 heavy (non-hydrogen) atoms. The van der Waals surface area contributed by atoms with Gasteiger partial charge in [0, 0.05) is 5.02 Å². The molecule has 1 N–H and O–H groups in total. The van der Waals surface area contributed by atoms with Crippen LogP contribution in [0, 0.1) is 0 Å². The molecular formula is C21H24ClNO4. The maximum absolute atomic E-state index is 12.0. The van der Waals surface area contributed by atoms with Gasteiger partial charge in [-0.05, 0) is 42.2 Å². The summed E-state index contributed by atoms with van der Waals surface area (Å²) in [6.07, 6.45) is 0. The van der Waals surface area contributed by atoms with Crippen molar-refractivity contribution in [3.8, 4) is 5.75 Å². The summed E-state index contributed by atoms with van der Waals surface area (Å²) in [5.74, 6) is -0.0722. The molecule has 2 rings (SSSR count). The second-order valence-electron chi connectivity index (χ2n) is 6.49. The third kappa shape index (κ3) is 6.61. The second kappa shape index (κ2) is 9.97. The second-order valence-corrected chi connectivity index (χ2v) is 6.92. The Balaban J connectivity index is 1.77. The van der Waals surface area contributed by atoms with Gasteiger partial charge >= 0.3 is 5.97 Å². The van der Waals surface area contributed by atoms with E-state index in [9.17, 15) is 9.59 Å². The Morgan fingerprint density at radius 1 is 1.04 bits per heavy atom. The van der Waals surface area contributed by atoms with E-state index in [1.165, 1.54) is 0 Å². The number of halogens is 1. The van der Waals surface area contributed by atoms with E-state index < -0.39 is 11.9 Å². The van der Waals surface area contributed by atoms with Gasteiger partial charge in [0.25, 0.3) is 5.91 Å². The first-order chi connectivity index (χ1) is 12.9. The predicted molar refractivity (Wildman–Crippen MR) is 105 cm³/mol. The van der Waals surface area contributed by atoms with Crippen molar-refractivity contribution in [3.05, 3.63) is 64.7 Å². The van der Waals surface area contributed by atoms with E-state index in [0.29, 0.717) is 10.8 Å². The van der Waals surface area contributed by atoms with Crippen molar-refractivity contribution in [2.75, 3.05) is 13.2 Å². The highest BCUT2D eigenvalue weighted by molar-refractivity contribution is 6.30. The van der Waals surface area contributed by atoms with Gasteiger partial charge in [0.15, 0.2) is 13.2 Å². The van der Waals surface area contributed by atoms with Crippen LogP contribution < -0.4 is 10.1 Å². The van der Waals surface area contributed by atoms with E-state index in [2.05, 4.69) is 5.32 Å². The number of hydrogen-bond acceptors (Lipinski definition) is 4. The fourth-order valence-electron chi connectivity index (χ4n) is 2.56. The summed E-state index contributed by atoms with van der Waals surface area (Å²) in [4.78, 5) is 23.8. The molecule has 0 aromatic heterocycles. The van der Waals surface area contributed by atoms with Crippen LogP contribution in [-0.4, -0.2) is 25.1 Å². The number of para-hydroxylation sites is 1. The smallest absolute Gasteiger partial charge is 0.344 e. The molecule has 0 unspecified atom stereocenters. The monoisotopic (exact) mass is 389 g/mol. The van der Waals surface area contributed by atoms with Gasteiger partial charge in [0.05, 0.1) is 6.04 Å². The summed E-state index contributed by atoms with van der Waals surface area (Å²) in [7, 11) is 0. The Morgan fingerprint density at radius 3 is 2.48 bits per heavy atom. The van der Waals surface area contributed by atoms with E-state index in [1.54, 1.807) is 12.1 Å². The Morgan fingerprint density at radius 2 is 1.78 bits per heavy atom. The lowest BCUT2D eigenvalue weighted by atomic mass is 10.0. The van der Waals surface area contributed by atoms with E-state index in [-0.39, 0.29) is 25.2 Å².